The van der Waals surface area contributed by atoms with Crippen LogP contribution in [0.2, 0.25) is 0 Å². The summed E-state index contributed by atoms with van der Waals surface area (Å²) in [6.45, 7) is 10.8. The fourth-order valence-electron chi connectivity index (χ4n) is 3.37. The Morgan fingerprint density at radius 2 is 1.96 bits per heavy atom. The monoisotopic (exact) mass is 504 g/mol. The number of nitrogens with zero attached hydrogens (tertiary/aromatic N) is 2. The minimum atomic E-state index is -0.626. The lowest BCUT2D eigenvalue weighted by atomic mass is 9.99. The number of guanidine groups is 1. The molecule has 0 spiro atoms. The molecule has 1 saturated heterocycles. The van der Waals surface area contributed by atoms with E-state index >= 15 is 0 Å². The summed E-state index contributed by atoms with van der Waals surface area (Å²) in [7, 11) is 1.63. The van der Waals surface area contributed by atoms with Crippen LogP contribution in [0.5, 0.6) is 5.75 Å². The van der Waals surface area contributed by atoms with Crippen molar-refractivity contribution in [3.63, 3.8) is 0 Å². The van der Waals surface area contributed by atoms with Gasteiger partial charge in [0.05, 0.1) is 19.8 Å². The summed E-state index contributed by atoms with van der Waals surface area (Å²) in [4.78, 5) is 7.31. The Labute approximate surface area is 187 Å². The lowest BCUT2D eigenvalue weighted by molar-refractivity contribution is 0.102. The van der Waals surface area contributed by atoms with E-state index in [1.165, 1.54) is 19.3 Å². The van der Waals surface area contributed by atoms with Gasteiger partial charge in [0.2, 0.25) is 0 Å². The predicted molar refractivity (Wildman–Crippen MR) is 127 cm³/mol. The summed E-state index contributed by atoms with van der Waals surface area (Å²) in [5, 5.41) is 17.0. The molecule has 0 aromatic heterocycles. The van der Waals surface area contributed by atoms with Gasteiger partial charge in [-0.25, -0.2) is 0 Å². The normalized spacial score (nSPS) is 16.8. The van der Waals surface area contributed by atoms with Gasteiger partial charge in [0.1, 0.15) is 5.75 Å². The zero-order chi connectivity index (χ0) is 19.7. The van der Waals surface area contributed by atoms with Crippen LogP contribution in [0.15, 0.2) is 29.3 Å². The van der Waals surface area contributed by atoms with Crippen molar-refractivity contribution in [3.8, 4) is 5.75 Å². The van der Waals surface area contributed by atoms with E-state index in [0.29, 0.717) is 6.54 Å². The van der Waals surface area contributed by atoms with Crippen molar-refractivity contribution in [1.82, 2.24) is 15.5 Å². The number of halogens is 1. The van der Waals surface area contributed by atoms with Crippen molar-refractivity contribution in [3.05, 3.63) is 29.8 Å². The highest BCUT2D eigenvalue weighted by atomic mass is 127. The number of piperidine rings is 1. The van der Waals surface area contributed by atoms with Gasteiger partial charge in [0, 0.05) is 18.6 Å². The number of ether oxygens (including phenoxy) is 1. The van der Waals surface area contributed by atoms with Crippen LogP contribution in [0.3, 0.4) is 0 Å². The lowest BCUT2D eigenvalue weighted by Gasteiger charge is -2.40. The number of aliphatic imine (C=N–C) groups is 1. The molecule has 0 bridgehead atoms. The average molecular weight is 504 g/mol. The van der Waals surface area contributed by atoms with Crippen molar-refractivity contribution < 1.29 is 9.84 Å². The van der Waals surface area contributed by atoms with Crippen molar-refractivity contribution in [1.29, 1.82) is 0 Å². The smallest absolute Gasteiger partial charge is 0.191 e. The second-order valence-electron chi connectivity index (χ2n) is 7.73. The van der Waals surface area contributed by atoms with Gasteiger partial charge in [-0.15, -0.1) is 24.0 Å². The molecule has 6 nitrogen and oxygen atoms in total. The first-order valence-electron chi connectivity index (χ1n) is 10.1. The molecule has 1 aliphatic rings. The van der Waals surface area contributed by atoms with E-state index in [0.717, 1.165) is 43.5 Å². The highest BCUT2D eigenvalue weighted by molar-refractivity contribution is 14.0. The topological polar surface area (TPSA) is 69.1 Å². The fourth-order valence-corrected chi connectivity index (χ4v) is 3.37. The molecule has 1 aromatic carbocycles. The van der Waals surface area contributed by atoms with E-state index in [1.54, 1.807) is 7.11 Å². The third-order valence-corrected chi connectivity index (χ3v) is 5.12. The summed E-state index contributed by atoms with van der Waals surface area (Å²) < 4.78 is 5.23. The largest absolute Gasteiger partial charge is 0.497 e. The SMILES string of the molecule is CCNC(=NCC(C)(C)N1CCCCC1)NCC(O)c1cccc(OC)c1.I. The standard InChI is InChI=1S/C21H36N4O2.HI/c1-5-22-20(24-16-21(2,3)25-12-7-6-8-13-25)23-15-19(26)17-10-9-11-18(14-17)27-4;/h9-11,14,19,26H,5-8,12-13,15-16H2,1-4H3,(H2,22,23,24);1H. The number of aliphatic hydroxyl groups is 1. The molecule has 1 fully saturated rings. The Balaban J connectivity index is 0.00000392. The summed E-state index contributed by atoms with van der Waals surface area (Å²) in [6.07, 6.45) is 3.26. The van der Waals surface area contributed by atoms with Crippen LogP contribution in [0.25, 0.3) is 0 Å². The van der Waals surface area contributed by atoms with Gasteiger partial charge < -0.3 is 20.5 Å². The van der Waals surface area contributed by atoms with Gasteiger partial charge in [-0.1, -0.05) is 18.6 Å². The number of hydrogen-bond donors (Lipinski definition) is 3. The average Bonchev–Trinajstić information content (AvgIpc) is 2.70. The second-order valence-corrected chi connectivity index (χ2v) is 7.73. The third kappa shape index (κ3) is 7.75. The molecule has 0 aliphatic carbocycles. The van der Waals surface area contributed by atoms with E-state index in [9.17, 15) is 5.11 Å². The minimum absolute atomic E-state index is 0. The number of rotatable bonds is 8. The van der Waals surface area contributed by atoms with Crippen LogP contribution in [0.4, 0.5) is 0 Å². The number of nitrogens with one attached hydrogen (secondary N) is 2. The zero-order valence-corrected chi connectivity index (χ0v) is 20.0. The molecule has 1 atom stereocenters. The van der Waals surface area contributed by atoms with Crippen LogP contribution in [-0.2, 0) is 0 Å². The van der Waals surface area contributed by atoms with E-state index in [4.69, 9.17) is 9.73 Å². The highest BCUT2D eigenvalue weighted by Gasteiger charge is 2.27. The number of benzene rings is 1. The third-order valence-electron chi connectivity index (χ3n) is 5.12. The Morgan fingerprint density at radius 3 is 2.61 bits per heavy atom. The molecule has 28 heavy (non-hydrogen) atoms. The Kier molecular flexibility index (Phi) is 11.1. The van der Waals surface area contributed by atoms with Crippen LogP contribution >= 0.6 is 24.0 Å². The first kappa shape index (κ1) is 25.0. The molecule has 0 radical (unpaired) electrons. The maximum absolute atomic E-state index is 10.5. The molecule has 7 heteroatoms. The lowest BCUT2D eigenvalue weighted by Crippen LogP contribution is -2.49. The van der Waals surface area contributed by atoms with Crippen LogP contribution in [0.1, 0.15) is 51.7 Å². The number of likely N-dealkylation sites (tertiary alicyclic amines) is 1. The quantitative estimate of drug-likeness (QED) is 0.288. The van der Waals surface area contributed by atoms with Crippen molar-refractivity contribution >= 4 is 29.9 Å². The number of methoxy groups -OCH3 is 1. The van der Waals surface area contributed by atoms with E-state index in [-0.39, 0.29) is 29.5 Å². The molecular formula is C21H37IN4O2. The Bertz CT molecular complexity index is 604. The number of hydrogen-bond acceptors (Lipinski definition) is 4. The molecule has 2 rings (SSSR count). The van der Waals surface area contributed by atoms with Crippen LogP contribution in [0, 0.1) is 0 Å². The van der Waals surface area contributed by atoms with Gasteiger partial charge in [-0.2, -0.15) is 0 Å². The summed E-state index contributed by atoms with van der Waals surface area (Å²) in [5.41, 5.74) is 0.861. The van der Waals surface area contributed by atoms with E-state index in [1.807, 2.05) is 31.2 Å². The van der Waals surface area contributed by atoms with E-state index in [2.05, 4.69) is 29.4 Å². The molecule has 0 saturated carbocycles. The molecule has 160 valence electrons. The minimum Gasteiger partial charge on any atom is -0.497 e. The predicted octanol–water partition coefficient (Wildman–Crippen LogP) is 3.17. The summed E-state index contributed by atoms with van der Waals surface area (Å²) in [5.74, 6) is 1.49. The molecule has 1 aromatic rings. The van der Waals surface area contributed by atoms with Gasteiger partial charge in [0.25, 0.3) is 0 Å². The molecule has 1 unspecified atom stereocenters. The van der Waals surface area contributed by atoms with Crippen molar-refractivity contribution in [2.24, 2.45) is 4.99 Å². The first-order valence-corrected chi connectivity index (χ1v) is 10.1. The molecule has 0 amide bonds. The Morgan fingerprint density at radius 1 is 1.25 bits per heavy atom. The Hall–Kier alpha value is -1.06. The second kappa shape index (κ2) is 12.5. The zero-order valence-electron chi connectivity index (χ0n) is 17.7. The molecular weight excluding hydrogens is 467 g/mol. The maximum atomic E-state index is 10.5. The molecule has 1 heterocycles. The number of aliphatic hydroxyl groups excluding tert-OH is 1. The van der Waals surface area contributed by atoms with E-state index < -0.39 is 6.10 Å². The maximum Gasteiger partial charge on any atom is 0.191 e. The van der Waals surface area contributed by atoms with Crippen molar-refractivity contribution in [2.75, 3.05) is 39.8 Å². The first-order chi connectivity index (χ1) is 13.0. The molecule has 3 N–H and O–H groups in total. The van der Waals surface area contributed by atoms with Gasteiger partial charge in [0.15, 0.2) is 5.96 Å². The summed E-state index contributed by atoms with van der Waals surface area (Å²) >= 11 is 0. The fraction of sp³-hybridized carbons (Fsp3) is 0.667. The van der Waals surface area contributed by atoms with Crippen LogP contribution in [-0.4, -0.2) is 61.3 Å². The van der Waals surface area contributed by atoms with Crippen molar-refractivity contribution in [2.45, 2.75) is 51.7 Å². The highest BCUT2D eigenvalue weighted by Crippen LogP contribution is 2.21. The van der Waals surface area contributed by atoms with Gasteiger partial charge in [-0.05, 0) is 64.4 Å². The van der Waals surface area contributed by atoms with Gasteiger partial charge in [-0.3, -0.25) is 9.89 Å². The van der Waals surface area contributed by atoms with Crippen LogP contribution < -0.4 is 15.4 Å². The summed E-state index contributed by atoms with van der Waals surface area (Å²) in [6, 6.07) is 7.52. The molecule has 1 aliphatic heterocycles. The van der Waals surface area contributed by atoms with Gasteiger partial charge >= 0.3 is 0 Å².